The Labute approximate surface area is 163 Å². The van der Waals surface area contributed by atoms with Crippen molar-refractivity contribution in [2.75, 3.05) is 13.1 Å². The molecule has 7 heteroatoms. The third kappa shape index (κ3) is 3.83. The minimum absolute atomic E-state index is 0.110. The number of hydrogen-bond donors (Lipinski definition) is 1. The van der Waals surface area contributed by atoms with Crippen molar-refractivity contribution in [3.8, 4) is 0 Å². The molecule has 1 atom stereocenters. The van der Waals surface area contributed by atoms with E-state index in [0.717, 1.165) is 44.4 Å². The highest BCUT2D eigenvalue weighted by Crippen LogP contribution is 2.24. The summed E-state index contributed by atoms with van der Waals surface area (Å²) in [5, 5.41) is 7.39. The molecule has 1 N–H and O–H groups in total. The van der Waals surface area contributed by atoms with Crippen LogP contribution >= 0.6 is 0 Å². The van der Waals surface area contributed by atoms with E-state index in [0.29, 0.717) is 18.2 Å². The van der Waals surface area contributed by atoms with Crippen LogP contribution in [0.15, 0.2) is 41.5 Å². The van der Waals surface area contributed by atoms with Gasteiger partial charge in [-0.05, 0) is 62.3 Å². The molecule has 4 heterocycles. The van der Waals surface area contributed by atoms with Crippen molar-refractivity contribution in [3.05, 3.63) is 58.3 Å². The number of aryl methyl sites for hydroxylation is 1. The summed E-state index contributed by atoms with van der Waals surface area (Å²) in [6.45, 7) is 4.49. The fraction of sp³-hybridized carbons (Fsp3) is 0.429. The summed E-state index contributed by atoms with van der Waals surface area (Å²) in [5.41, 5.74) is 2.30. The van der Waals surface area contributed by atoms with Gasteiger partial charge in [-0.2, -0.15) is 5.10 Å². The van der Waals surface area contributed by atoms with E-state index in [1.807, 2.05) is 11.1 Å². The van der Waals surface area contributed by atoms with Crippen LogP contribution in [-0.4, -0.2) is 43.6 Å². The number of likely N-dealkylation sites (tertiary alicyclic amines) is 1. The van der Waals surface area contributed by atoms with Gasteiger partial charge in [-0.3, -0.25) is 9.59 Å². The lowest BCUT2D eigenvalue weighted by molar-refractivity contribution is 0.0753. The third-order valence-electron chi connectivity index (χ3n) is 5.56. The molecule has 0 aromatic carbocycles. The molecule has 1 aliphatic heterocycles. The van der Waals surface area contributed by atoms with Crippen molar-refractivity contribution >= 4 is 16.9 Å². The van der Waals surface area contributed by atoms with E-state index < -0.39 is 0 Å². The molecule has 0 spiro atoms. The summed E-state index contributed by atoms with van der Waals surface area (Å²) in [6.07, 6.45) is 8.09. The molecule has 28 heavy (non-hydrogen) atoms. The zero-order valence-electron chi connectivity index (χ0n) is 16.1. The normalized spacial score (nSPS) is 17.6. The Balaban J connectivity index is 1.40. The molecule has 1 fully saturated rings. The van der Waals surface area contributed by atoms with Crippen LogP contribution in [0.4, 0.5) is 0 Å². The van der Waals surface area contributed by atoms with Crippen LogP contribution in [0.2, 0.25) is 0 Å². The highest BCUT2D eigenvalue weighted by molar-refractivity contribution is 5.92. The summed E-state index contributed by atoms with van der Waals surface area (Å²) >= 11 is 0. The lowest BCUT2D eigenvalue weighted by atomic mass is 9.93. The lowest BCUT2D eigenvalue weighted by Gasteiger charge is -2.20. The van der Waals surface area contributed by atoms with Crippen molar-refractivity contribution in [1.29, 1.82) is 0 Å². The van der Waals surface area contributed by atoms with Gasteiger partial charge in [0.25, 0.3) is 11.5 Å². The van der Waals surface area contributed by atoms with Gasteiger partial charge in [0.1, 0.15) is 11.3 Å². The number of pyridine rings is 1. The van der Waals surface area contributed by atoms with Crippen LogP contribution < -0.4 is 5.56 Å². The van der Waals surface area contributed by atoms with Crippen LogP contribution in [0.1, 0.15) is 42.2 Å². The van der Waals surface area contributed by atoms with Gasteiger partial charge in [0.2, 0.25) is 0 Å². The predicted octanol–water partition coefficient (Wildman–Crippen LogP) is 2.62. The van der Waals surface area contributed by atoms with Crippen LogP contribution in [-0.2, 0) is 13.0 Å². The largest absolute Gasteiger partial charge is 0.337 e. The van der Waals surface area contributed by atoms with Gasteiger partial charge < -0.3 is 9.47 Å². The molecule has 0 bridgehead atoms. The van der Waals surface area contributed by atoms with Crippen molar-refractivity contribution < 1.29 is 4.79 Å². The highest BCUT2D eigenvalue weighted by atomic mass is 16.2. The Morgan fingerprint density at radius 2 is 2.14 bits per heavy atom. The molecule has 1 aliphatic rings. The van der Waals surface area contributed by atoms with Gasteiger partial charge in [0.15, 0.2) is 0 Å². The number of H-pyrrole nitrogens is 1. The maximum Gasteiger partial charge on any atom is 0.274 e. The number of carbonyl (C=O) groups excluding carboxylic acids is 1. The molecular weight excluding hydrogens is 354 g/mol. The lowest BCUT2D eigenvalue weighted by Crippen LogP contribution is -2.33. The second kappa shape index (κ2) is 7.96. The van der Waals surface area contributed by atoms with Gasteiger partial charge in [0.05, 0.1) is 0 Å². The van der Waals surface area contributed by atoms with Crippen LogP contribution in [0.3, 0.4) is 0 Å². The van der Waals surface area contributed by atoms with E-state index >= 15 is 0 Å². The van der Waals surface area contributed by atoms with Crippen LogP contribution in [0.5, 0.6) is 0 Å². The fourth-order valence-corrected chi connectivity index (χ4v) is 4.02. The maximum absolute atomic E-state index is 12.6. The molecule has 3 aromatic heterocycles. The summed E-state index contributed by atoms with van der Waals surface area (Å²) < 4.78 is 2.15. The van der Waals surface area contributed by atoms with E-state index in [4.69, 9.17) is 0 Å². The zero-order valence-corrected chi connectivity index (χ0v) is 16.1. The topological polar surface area (TPSA) is 83.9 Å². The van der Waals surface area contributed by atoms with E-state index in [2.05, 4.69) is 45.0 Å². The van der Waals surface area contributed by atoms with Crippen molar-refractivity contribution in [2.45, 2.75) is 39.2 Å². The fourth-order valence-electron chi connectivity index (χ4n) is 4.02. The summed E-state index contributed by atoms with van der Waals surface area (Å²) in [4.78, 5) is 30.3. The second-order valence-electron chi connectivity index (χ2n) is 7.46. The van der Waals surface area contributed by atoms with Gasteiger partial charge in [-0.15, -0.1) is 0 Å². The first-order valence-corrected chi connectivity index (χ1v) is 9.93. The van der Waals surface area contributed by atoms with Gasteiger partial charge >= 0.3 is 0 Å². The number of aromatic nitrogens is 4. The molecule has 7 nitrogen and oxygen atoms in total. The number of hydrogen-bond acceptors (Lipinski definition) is 4. The number of nitrogens with zero attached hydrogens (tertiary/aromatic N) is 4. The summed E-state index contributed by atoms with van der Waals surface area (Å²) in [5.74, 6) is 0.426. The molecule has 0 aliphatic carbocycles. The van der Waals surface area contributed by atoms with Gasteiger partial charge in [-0.25, -0.2) is 10.1 Å². The number of carbonyl (C=O) groups is 1. The number of fused-ring (bicyclic) bond motifs is 1. The average molecular weight is 379 g/mol. The van der Waals surface area contributed by atoms with E-state index in [9.17, 15) is 9.59 Å². The smallest absolute Gasteiger partial charge is 0.274 e. The standard InChI is InChI=1S/C21H25N5O2/c1-2-25-11-8-17-13-16(14-22-20(17)25)12-15-4-3-9-26(10-7-15)21(28)18-5-6-19(27)24-23-18/h5-6,8,11,13-15H,2-4,7,9-10,12H2,1H3,(H,24,27). The number of amides is 1. The Hall–Kier alpha value is -2.96. The Bertz CT molecular complexity index is 1020. The molecule has 4 rings (SSSR count). The first kappa shape index (κ1) is 18.4. The molecule has 3 aromatic rings. The Morgan fingerprint density at radius 1 is 1.25 bits per heavy atom. The first-order valence-electron chi connectivity index (χ1n) is 9.93. The van der Waals surface area contributed by atoms with Crippen molar-refractivity contribution in [2.24, 2.45) is 5.92 Å². The minimum Gasteiger partial charge on any atom is -0.337 e. The highest BCUT2D eigenvalue weighted by Gasteiger charge is 2.23. The van der Waals surface area contributed by atoms with E-state index in [1.165, 1.54) is 23.1 Å². The Kier molecular flexibility index (Phi) is 5.23. The average Bonchev–Trinajstić information content (AvgIpc) is 2.98. The number of rotatable bonds is 4. The Morgan fingerprint density at radius 3 is 2.93 bits per heavy atom. The molecule has 0 saturated carbocycles. The molecule has 146 valence electrons. The van der Waals surface area contributed by atoms with Crippen molar-refractivity contribution in [3.63, 3.8) is 0 Å². The zero-order chi connectivity index (χ0) is 19.5. The van der Waals surface area contributed by atoms with E-state index in [1.54, 1.807) is 0 Å². The molecular formula is C21H25N5O2. The predicted molar refractivity (Wildman–Crippen MR) is 107 cm³/mol. The monoisotopic (exact) mass is 379 g/mol. The SMILES string of the molecule is CCn1ccc2cc(CC3CCCN(C(=O)c4ccc(=O)[nH]n4)CC3)cnc21. The quantitative estimate of drug-likeness (QED) is 0.755. The molecule has 0 radical (unpaired) electrons. The third-order valence-corrected chi connectivity index (χ3v) is 5.56. The van der Waals surface area contributed by atoms with E-state index in [-0.39, 0.29) is 11.5 Å². The summed E-state index contributed by atoms with van der Waals surface area (Å²) in [7, 11) is 0. The van der Waals surface area contributed by atoms with Crippen molar-refractivity contribution in [1.82, 2.24) is 24.6 Å². The number of aromatic amines is 1. The van der Waals surface area contributed by atoms with Crippen LogP contribution in [0.25, 0.3) is 11.0 Å². The van der Waals surface area contributed by atoms with Gasteiger partial charge in [0, 0.05) is 43.5 Å². The summed E-state index contributed by atoms with van der Waals surface area (Å²) in [6, 6.07) is 7.20. The molecule has 1 amide bonds. The number of nitrogens with one attached hydrogen (secondary N) is 1. The first-order chi connectivity index (χ1) is 13.6. The van der Waals surface area contributed by atoms with Gasteiger partial charge in [-0.1, -0.05) is 0 Å². The minimum atomic E-state index is -0.299. The maximum atomic E-state index is 12.6. The second-order valence-corrected chi connectivity index (χ2v) is 7.46. The van der Waals surface area contributed by atoms with Crippen LogP contribution in [0, 0.1) is 5.92 Å². The molecule has 1 unspecified atom stereocenters. The molecule has 1 saturated heterocycles.